The molecule has 2 fully saturated rings. The molecular weight excluding hydrogens is 434 g/mol. The molecule has 1 amide bonds. The second-order valence-electron chi connectivity index (χ2n) is 8.52. The zero-order valence-electron chi connectivity index (χ0n) is 17.8. The third-order valence-electron chi connectivity index (χ3n) is 5.96. The first kappa shape index (κ1) is 21.6. The van der Waals surface area contributed by atoms with Gasteiger partial charge >= 0.3 is 6.61 Å². The molecule has 2 N–H and O–H groups in total. The van der Waals surface area contributed by atoms with Crippen molar-refractivity contribution in [3.05, 3.63) is 36.7 Å². The van der Waals surface area contributed by atoms with Gasteiger partial charge in [0.05, 0.1) is 23.9 Å². The Morgan fingerprint density at radius 1 is 1.15 bits per heavy atom. The van der Waals surface area contributed by atoms with E-state index in [0.717, 1.165) is 18.4 Å². The molecule has 10 heteroatoms. The van der Waals surface area contributed by atoms with E-state index < -0.39 is 6.61 Å². The Balaban J connectivity index is 1.45. The summed E-state index contributed by atoms with van der Waals surface area (Å²) in [6.07, 6.45) is 7.19. The first-order valence-electron chi connectivity index (χ1n) is 11.0. The SMILES string of the molecule is O=C(Nc1cc2cc(-c3cc(OC(F)F)ncc3OC3CCC(O)CC3)ccn2n1)C1CC1. The highest BCUT2D eigenvalue weighted by molar-refractivity contribution is 5.93. The molecule has 174 valence electrons. The molecule has 0 spiro atoms. The number of ether oxygens (including phenoxy) is 2. The van der Waals surface area contributed by atoms with Crippen molar-refractivity contribution >= 4 is 17.2 Å². The number of aliphatic hydroxyl groups excluding tert-OH is 1. The first-order valence-corrected chi connectivity index (χ1v) is 11.0. The minimum atomic E-state index is -2.99. The van der Waals surface area contributed by atoms with Gasteiger partial charge in [0.25, 0.3) is 0 Å². The van der Waals surface area contributed by atoms with Gasteiger partial charge in [-0.15, -0.1) is 0 Å². The average molecular weight is 458 g/mol. The molecular formula is C23H24F2N4O4. The van der Waals surface area contributed by atoms with Crippen LogP contribution in [-0.4, -0.2) is 44.4 Å². The van der Waals surface area contributed by atoms with Crippen molar-refractivity contribution in [1.29, 1.82) is 0 Å². The van der Waals surface area contributed by atoms with Crippen LogP contribution in [0, 0.1) is 5.92 Å². The summed E-state index contributed by atoms with van der Waals surface area (Å²) in [6.45, 7) is -2.99. The number of hydrogen-bond donors (Lipinski definition) is 2. The maximum atomic E-state index is 12.8. The molecule has 0 bridgehead atoms. The zero-order chi connectivity index (χ0) is 22.9. The molecule has 3 heterocycles. The summed E-state index contributed by atoms with van der Waals surface area (Å²) < 4.78 is 37.8. The van der Waals surface area contributed by atoms with Gasteiger partial charge in [-0.25, -0.2) is 9.50 Å². The second kappa shape index (κ2) is 8.93. The molecule has 0 aliphatic heterocycles. The molecule has 8 nitrogen and oxygen atoms in total. The first-order chi connectivity index (χ1) is 15.9. The Morgan fingerprint density at radius 2 is 1.94 bits per heavy atom. The van der Waals surface area contributed by atoms with Crippen molar-refractivity contribution in [2.75, 3.05) is 5.32 Å². The van der Waals surface area contributed by atoms with Gasteiger partial charge in [0.1, 0.15) is 5.75 Å². The maximum absolute atomic E-state index is 12.8. The van der Waals surface area contributed by atoms with Crippen molar-refractivity contribution in [2.45, 2.75) is 57.3 Å². The molecule has 3 aromatic rings. The van der Waals surface area contributed by atoms with Crippen molar-refractivity contribution in [2.24, 2.45) is 5.92 Å². The number of rotatable bonds is 7. The number of aromatic nitrogens is 3. The number of anilines is 1. The number of amides is 1. The minimum Gasteiger partial charge on any atom is -0.488 e. The molecule has 2 aliphatic rings. The van der Waals surface area contributed by atoms with E-state index in [4.69, 9.17) is 4.74 Å². The lowest BCUT2D eigenvalue weighted by Gasteiger charge is -2.27. The summed E-state index contributed by atoms with van der Waals surface area (Å²) in [5.41, 5.74) is 1.98. The van der Waals surface area contributed by atoms with Crippen molar-refractivity contribution < 1.29 is 28.2 Å². The molecule has 0 saturated heterocycles. The molecule has 0 radical (unpaired) electrons. The van der Waals surface area contributed by atoms with Crippen LogP contribution in [-0.2, 0) is 4.79 Å². The smallest absolute Gasteiger partial charge is 0.388 e. The van der Waals surface area contributed by atoms with Gasteiger partial charge in [-0.1, -0.05) is 0 Å². The Labute approximate surface area is 188 Å². The van der Waals surface area contributed by atoms with Crippen LogP contribution in [0.5, 0.6) is 11.6 Å². The number of fused-ring (bicyclic) bond motifs is 1. The van der Waals surface area contributed by atoms with Gasteiger partial charge in [-0.2, -0.15) is 13.9 Å². The quantitative estimate of drug-likeness (QED) is 0.555. The van der Waals surface area contributed by atoms with Gasteiger partial charge in [0.2, 0.25) is 11.8 Å². The summed E-state index contributed by atoms with van der Waals surface area (Å²) in [5.74, 6) is 0.727. The highest BCUT2D eigenvalue weighted by Crippen LogP contribution is 2.36. The molecule has 0 atom stereocenters. The Morgan fingerprint density at radius 3 is 2.67 bits per heavy atom. The topological polar surface area (TPSA) is 98.0 Å². The van der Waals surface area contributed by atoms with Crippen LogP contribution in [0.1, 0.15) is 38.5 Å². The van der Waals surface area contributed by atoms with E-state index in [0.29, 0.717) is 48.4 Å². The van der Waals surface area contributed by atoms with Crippen LogP contribution >= 0.6 is 0 Å². The van der Waals surface area contributed by atoms with E-state index in [1.54, 1.807) is 22.8 Å². The Hall–Kier alpha value is -3.27. The van der Waals surface area contributed by atoms with Crippen LogP contribution < -0.4 is 14.8 Å². The number of alkyl halides is 2. The lowest BCUT2D eigenvalue weighted by atomic mass is 9.95. The number of nitrogens with zero attached hydrogens (tertiary/aromatic N) is 3. The lowest BCUT2D eigenvalue weighted by molar-refractivity contribution is -0.117. The summed E-state index contributed by atoms with van der Waals surface area (Å²) in [4.78, 5) is 16.0. The highest BCUT2D eigenvalue weighted by atomic mass is 19.3. The summed E-state index contributed by atoms with van der Waals surface area (Å²) in [5, 5.41) is 16.9. The van der Waals surface area contributed by atoms with E-state index in [1.807, 2.05) is 6.07 Å². The fourth-order valence-electron chi connectivity index (χ4n) is 4.04. The van der Waals surface area contributed by atoms with Crippen LogP contribution in [0.2, 0.25) is 0 Å². The van der Waals surface area contributed by atoms with Gasteiger partial charge < -0.3 is 19.9 Å². The number of carbonyl (C=O) groups excluding carboxylic acids is 1. The summed E-state index contributed by atoms with van der Waals surface area (Å²) >= 11 is 0. The molecule has 3 aromatic heterocycles. The van der Waals surface area contributed by atoms with Crippen molar-refractivity contribution in [3.63, 3.8) is 0 Å². The Kier molecular flexibility index (Phi) is 5.84. The number of nitrogens with one attached hydrogen (secondary N) is 1. The van der Waals surface area contributed by atoms with Gasteiger partial charge in [0, 0.05) is 29.8 Å². The van der Waals surface area contributed by atoms with Crippen molar-refractivity contribution in [1.82, 2.24) is 14.6 Å². The normalized spacial score (nSPS) is 20.7. The fourth-order valence-corrected chi connectivity index (χ4v) is 4.04. The second-order valence-corrected chi connectivity index (χ2v) is 8.52. The molecule has 2 saturated carbocycles. The maximum Gasteiger partial charge on any atom is 0.388 e. The van der Waals surface area contributed by atoms with Gasteiger partial charge in [0.15, 0.2) is 5.82 Å². The predicted molar refractivity (Wildman–Crippen MR) is 115 cm³/mol. The van der Waals surface area contributed by atoms with Gasteiger partial charge in [-0.3, -0.25) is 4.79 Å². The molecule has 5 rings (SSSR count). The molecule has 2 aliphatic carbocycles. The highest BCUT2D eigenvalue weighted by Gasteiger charge is 2.30. The fraction of sp³-hybridized carbons (Fsp3) is 0.435. The van der Waals surface area contributed by atoms with Gasteiger partial charge in [-0.05, 0) is 56.2 Å². The monoisotopic (exact) mass is 458 g/mol. The number of carbonyl (C=O) groups is 1. The van der Waals surface area contributed by atoms with Crippen molar-refractivity contribution in [3.8, 4) is 22.8 Å². The summed E-state index contributed by atoms with van der Waals surface area (Å²) in [7, 11) is 0. The van der Waals surface area contributed by atoms with Crippen LogP contribution in [0.25, 0.3) is 16.6 Å². The third-order valence-corrected chi connectivity index (χ3v) is 5.96. The lowest BCUT2D eigenvalue weighted by Crippen LogP contribution is -2.26. The van der Waals surface area contributed by atoms with Crippen LogP contribution in [0.4, 0.5) is 14.6 Å². The van der Waals surface area contributed by atoms with E-state index >= 15 is 0 Å². The average Bonchev–Trinajstić information content (AvgIpc) is 3.56. The molecule has 0 aromatic carbocycles. The van der Waals surface area contributed by atoms with E-state index in [9.17, 15) is 18.7 Å². The summed E-state index contributed by atoms with van der Waals surface area (Å²) in [6, 6.07) is 6.80. The standard InChI is InChI=1S/C23H24F2N4O4/c24-23(25)33-21-11-18(19(12-26-21)32-17-5-3-16(30)4-6-17)14-7-8-29-15(9-14)10-20(28-29)27-22(31)13-1-2-13/h7-13,16-17,23,30H,1-6H2,(H,27,28,31). The minimum absolute atomic E-state index is 0.0326. The third kappa shape index (κ3) is 5.05. The number of aliphatic hydroxyl groups is 1. The number of hydrogen-bond acceptors (Lipinski definition) is 6. The Bertz CT molecular complexity index is 1160. The molecule has 33 heavy (non-hydrogen) atoms. The number of pyridine rings is 2. The van der Waals surface area contributed by atoms with E-state index in [2.05, 4.69) is 20.1 Å². The predicted octanol–water partition coefficient (Wildman–Crippen LogP) is 4.03. The van der Waals surface area contributed by atoms with Crippen LogP contribution in [0.15, 0.2) is 36.7 Å². The van der Waals surface area contributed by atoms with Crippen LogP contribution in [0.3, 0.4) is 0 Å². The van der Waals surface area contributed by atoms with E-state index in [1.165, 1.54) is 12.3 Å². The number of halogens is 2. The zero-order valence-corrected chi connectivity index (χ0v) is 17.8. The molecule has 0 unspecified atom stereocenters. The largest absolute Gasteiger partial charge is 0.488 e. The van der Waals surface area contributed by atoms with E-state index in [-0.39, 0.29) is 29.9 Å².